The molecule has 0 unspecified atom stereocenters. The van der Waals surface area contributed by atoms with Crippen LogP contribution in [0.1, 0.15) is 26.2 Å². The summed E-state index contributed by atoms with van der Waals surface area (Å²) in [4.78, 5) is 13.8. The standard InChI is InChI=1S/C12H24N2O2S/c1-3-11-10-14(7-9-17-11)12(15)13-6-4-5-8-16-2/h11H,3-10H2,1-2H3,(H,13,15)/t11-/m0/s1. The van der Waals surface area contributed by atoms with Crippen LogP contribution in [0.2, 0.25) is 0 Å². The molecule has 0 aromatic rings. The van der Waals surface area contributed by atoms with E-state index in [4.69, 9.17) is 4.74 Å². The second-order valence-electron chi connectivity index (χ2n) is 4.28. The van der Waals surface area contributed by atoms with E-state index in [9.17, 15) is 4.79 Å². The zero-order chi connectivity index (χ0) is 12.5. The lowest BCUT2D eigenvalue weighted by Gasteiger charge is -2.31. The van der Waals surface area contributed by atoms with E-state index in [0.29, 0.717) is 5.25 Å². The van der Waals surface area contributed by atoms with E-state index >= 15 is 0 Å². The molecule has 4 nitrogen and oxygen atoms in total. The fourth-order valence-corrected chi connectivity index (χ4v) is 3.01. The molecule has 17 heavy (non-hydrogen) atoms. The van der Waals surface area contributed by atoms with E-state index in [0.717, 1.165) is 51.3 Å². The SMILES string of the molecule is CC[C@H]1CN(C(=O)NCCCCOC)CCS1. The summed E-state index contributed by atoms with van der Waals surface area (Å²) in [5.74, 6) is 1.07. The lowest BCUT2D eigenvalue weighted by molar-refractivity contribution is 0.188. The van der Waals surface area contributed by atoms with Crippen LogP contribution in [0.15, 0.2) is 0 Å². The second-order valence-corrected chi connectivity index (χ2v) is 5.69. The third-order valence-corrected chi connectivity index (χ3v) is 4.30. The summed E-state index contributed by atoms with van der Waals surface area (Å²) in [6, 6.07) is 0.0983. The summed E-state index contributed by atoms with van der Waals surface area (Å²) in [6.07, 6.45) is 3.13. The molecule has 1 aliphatic heterocycles. The number of carbonyl (C=O) groups excluding carboxylic acids is 1. The number of carbonyl (C=O) groups is 1. The Morgan fingerprint density at radius 2 is 2.35 bits per heavy atom. The Kier molecular flexibility index (Phi) is 7.44. The van der Waals surface area contributed by atoms with Gasteiger partial charge in [-0.15, -0.1) is 0 Å². The summed E-state index contributed by atoms with van der Waals surface area (Å²) >= 11 is 1.98. The van der Waals surface area contributed by atoms with Gasteiger partial charge in [-0.2, -0.15) is 11.8 Å². The highest BCUT2D eigenvalue weighted by Crippen LogP contribution is 2.20. The molecule has 5 heteroatoms. The Labute approximate surface area is 108 Å². The normalized spacial score (nSPS) is 20.4. The van der Waals surface area contributed by atoms with Gasteiger partial charge in [-0.25, -0.2) is 4.79 Å². The maximum atomic E-state index is 11.9. The van der Waals surface area contributed by atoms with Crippen LogP contribution in [0, 0.1) is 0 Å². The molecule has 0 radical (unpaired) electrons. The zero-order valence-corrected chi connectivity index (χ0v) is 11.7. The summed E-state index contributed by atoms with van der Waals surface area (Å²) in [5, 5.41) is 3.59. The van der Waals surface area contributed by atoms with Crippen LogP contribution >= 0.6 is 11.8 Å². The van der Waals surface area contributed by atoms with Crippen molar-refractivity contribution in [1.82, 2.24) is 10.2 Å². The fourth-order valence-electron chi connectivity index (χ4n) is 1.83. The van der Waals surface area contributed by atoms with Crippen LogP contribution in [-0.2, 0) is 4.74 Å². The maximum Gasteiger partial charge on any atom is 0.317 e. The zero-order valence-electron chi connectivity index (χ0n) is 10.9. The van der Waals surface area contributed by atoms with Gasteiger partial charge >= 0.3 is 6.03 Å². The number of ether oxygens (including phenoxy) is 1. The number of methoxy groups -OCH3 is 1. The Hall–Kier alpha value is -0.420. The first-order valence-corrected chi connectivity index (χ1v) is 7.46. The van der Waals surface area contributed by atoms with Crippen molar-refractivity contribution in [2.24, 2.45) is 0 Å². The number of rotatable bonds is 6. The summed E-state index contributed by atoms with van der Waals surface area (Å²) in [6.45, 7) is 5.48. The van der Waals surface area contributed by atoms with E-state index in [-0.39, 0.29) is 6.03 Å². The van der Waals surface area contributed by atoms with Crippen molar-refractivity contribution < 1.29 is 9.53 Å². The van der Waals surface area contributed by atoms with Gasteiger partial charge in [0.05, 0.1) is 0 Å². The lowest BCUT2D eigenvalue weighted by atomic mass is 10.3. The number of hydrogen-bond acceptors (Lipinski definition) is 3. The van der Waals surface area contributed by atoms with Crippen LogP contribution < -0.4 is 5.32 Å². The van der Waals surface area contributed by atoms with Crippen molar-refractivity contribution in [3.05, 3.63) is 0 Å². The average molecular weight is 260 g/mol. The molecule has 1 saturated heterocycles. The fraction of sp³-hybridized carbons (Fsp3) is 0.917. The second kappa shape index (κ2) is 8.64. The van der Waals surface area contributed by atoms with Crippen LogP contribution in [-0.4, -0.2) is 55.3 Å². The number of nitrogens with one attached hydrogen (secondary N) is 1. The van der Waals surface area contributed by atoms with Gasteiger partial charge in [-0.3, -0.25) is 0 Å². The van der Waals surface area contributed by atoms with Crippen LogP contribution in [0.5, 0.6) is 0 Å². The molecule has 0 aromatic heterocycles. The number of unbranched alkanes of at least 4 members (excludes halogenated alkanes) is 1. The molecule has 0 aliphatic carbocycles. The molecule has 0 aromatic carbocycles. The van der Waals surface area contributed by atoms with E-state index in [1.165, 1.54) is 0 Å². The number of amides is 2. The molecule has 2 amide bonds. The monoisotopic (exact) mass is 260 g/mol. The van der Waals surface area contributed by atoms with Crippen molar-refractivity contribution in [2.45, 2.75) is 31.4 Å². The van der Waals surface area contributed by atoms with Crippen molar-refractivity contribution in [1.29, 1.82) is 0 Å². The van der Waals surface area contributed by atoms with Crippen molar-refractivity contribution in [2.75, 3.05) is 39.1 Å². The van der Waals surface area contributed by atoms with Crippen LogP contribution in [0.3, 0.4) is 0 Å². The highest BCUT2D eigenvalue weighted by atomic mass is 32.2. The smallest absolute Gasteiger partial charge is 0.317 e. The number of nitrogens with zero attached hydrogens (tertiary/aromatic N) is 1. The molecule has 1 heterocycles. The van der Waals surface area contributed by atoms with Crippen molar-refractivity contribution in [3.8, 4) is 0 Å². The maximum absolute atomic E-state index is 11.9. The average Bonchev–Trinajstić information content (AvgIpc) is 2.38. The molecular formula is C12H24N2O2S. The minimum atomic E-state index is 0.0983. The largest absolute Gasteiger partial charge is 0.385 e. The van der Waals surface area contributed by atoms with Gasteiger partial charge in [0.25, 0.3) is 0 Å². The van der Waals surface area contributed by atoms with Crippen molar-refractivity contribution in [3.63, 3.8) is 0 Å². The highest BCUT2D eigenvalue weighted by molar-refractivity contribution is 8.00. The van der Waals surface area contributed by atoms with Gasteiger partial charge in [-0.05, 0) is 19.3 Å². The number of urea groups is 1. The van der Waals surface area contributed by atoms with Gasteiger partial charge in [0.1, 0.15) is 0 Å². The molecule has 1 rings (SSSR count). The molecule has 0 saturated carbocycles. The predicted octanol–water partition coefficient (Wildman–Crippen LogP) is 1.95. The predicted molar refractivity (Wildman–Crippen MR) is 72.6 cm³/mol. The first kappa shape index (κ1) is 14.6. The molecule has 0 spiro atoms. The van der Waals surface area contributed by atoms with Gasteiger partial charge in [0.2, 0.25) is 0 Å². The first-order chi connectivity index (χ1) is 8.27. The topological polar surface area (TPSA) is 41.6 Å². The first-order valence-electron chi connectivity index (χ1n) is 6.41. The molecule has 1 aliphatic rings. The summed E-state index contributed by atoms with van der Waals surface area (Å²) in [7, 11) is 1.70. The van der Waals surface area contributed by atoms with Gasteiger partial charge in [-0.1, -0.05) is 6.92 Å². The Morgan fingerprint density at radius 1 is 1.53 bits per heavy atom. The Balaban J connectivity index is 2.14. The summed E-state index contributed by atoms with van der Waals surface area (Å²) in [5.41, 5.74) is 0. The third-order valence-electron chi connectivity index (χ3n) is 2.93. The van der Waals surface area contributed by atoms with Gasteiger partial charge < -0.3 is 15.0 Å². The minimum Gasteiger partial charge on any atom is -0.385 e. The van der Waals surface area contributed by atoms with Crippen LogP contribution in [0.25, 0.3) is 0 Å². The molecule has 0 bridgehead atoms. The molecular weight excluding hydrogens is 236 g/mol. The van der Waals surface area contributed by atoms with E-state index in [1.54, 1.807) is 7.11 Å². The van der Waals surface area contributed by atoms with Gasteiger partial charge in [0.15, 0.2) is 0 Å². The highest BCUT2D eigenvalue weighted by Gasteiger charge is 2.22. The van der Waals surface area contributed by atoms with Crippen molar-refractivity contribution >= 4 is 17.8 Å². The number of thioether (sulfide) groups is 1. The molecule has 1 N–H and O–H groups in total. The van der Waals surface area contributed by atoms with E-state index < -0.39 is 0 Å². The molecule has 1 fully saturated rings. The Morgan fingerprint density at radius 3 is 3.06 bits per heavy atom. The lowest BCUT2D eigenvalue weighted by Crippen LogP contribution is -2.47. The quantitative estimate of drug-likeness (QED) is 0.742. The molecule has 1 atom stereocenters. The van der Waals surface area contributed by atoms with E-state index in [1.807, 2.05) is 16.7 Å². The van der Waals surface area contributed by atoms with E-state index in [2.05, 4.69) is 12.2 Å². The summed E-state index contributed by atoms with van der Waals surface area (Å²) < 4.78 is 4.97. The third kappa shape index (κ3) is 5.64. The van der Waals surface area contributed by atoms with Gasteiger partial charge in [0, 0.05) is 44.4 Å². The Bertz CT molecular complexity index is 227. The van der Waals surface area contributed by atoms with Crippen LogP contribution in [0.4, 0.5) is 4.79 Å². The molecule has 100 valence electrons. The minimum absolute atomic E-state index is 0.0983. The number of hydrogen-bond donors (Lipinski definition) is 1.